The van der Waals surface area contributed by atoms with Gasteiger partial charge >= 0.3 is 0 Å². The molecule has 0 radical (unpaired) electrons. The van der Waals surface area contributed by atoms with Gasteiger partial charge in [-0.05, 0) is 30.2 Å². The number of hydrogen-bond acceptors (Lipinski definition) is 0. The molecule has 0 aliphatic carbocycles. The maximum absolute atomic E-state index is 2.39. The van der Waals surface area contributed by atoms with Gasteiger partial charge in [0.15, 0.2) is 0 Å². The zero-order valence-corrected chi connectivity index (χ0v) is 10.4. The van der Waals surface area contributed by atoms with Gasteiger partial charge in [0, 0.05) is 0 Å². The maximum Gasteiger partial charge on any atom is -0.0276 e. The highest BCUT2D eigenvalue weighted by Gasteiger charge is 2.13. The summed E-state index contributed by atoms with van der Waals surface area (Å²) in [6.45, 7) is 7.01. The first-order valence-electron chi connectivity index (χ1n) is 6.31. The molecule has 84 valence electrons. The third kappa shape index (κ3) is 4.07. The molecule has 2 unspecified atom stereocenters. The lowest BCUT2D eigenvalue weighted by Gasteiger charge is -2.21. The molecule has 0 spiro atoms. The first-order valence-corrected chi connectivity index (χ1v) is 6.31. The van der Waals surface area contributed by atoms with Crippen molar-refractivity contribution in [3.63, 3.8) is 0 Å². The standard InChI is InChI=1S/C15H24/c1-4-13(3)15(5-2)12-11-14-9-7-6-8-10-14/h6-10,13,15H,4-5,11-12H2,1-3H3. The van der Waals surface area contributed by atoms with Crippen molar-refractivity contribution < 1.29 is 0 Å². The van der Waals surface area contributed by atoms with Crippen LogP contribution in [-0.4, -0.2) is 0 Å². The summed E-state index contributed by atoms with van der Waals surface area (Å²) in [6.07, 6.45) is 5.22. The van der Waals surface area contributed by atoms with Gasteiger partial charge in [0.05, 0.1) is 0 Å². The van der Waals surface area contributed by atoms with Gasteiger partial charge in [-0.15, -0.1) is 0 Å². The second-order valence-corrected chi connectivity index (χ2v) is 4.58. The zero-order valence-electron chi connectivity index (χ0n) is 10.4. The molecule has 0 heteroatoms. The molecule has 0 heterocycles. The molecule has 15 heavy (non-hydrogen) atoms. The Morgan fingerprint density at radius 3 is 2.20 bits per heavy atom. The minimum Gasteiger partial charge on any atom is -0.0651 e. The Bertz CT molecular complexity index is 250. The van der Waals surface area contributed by atoms with Crippen molar-refractivity contribution in [1.29, 1.82) is 0 Å². The van der Waals surface area contributed by atoms with Crippen LogP contribution in [0.15, 0.2) is 30.3 Å². The Morgan fingerprint density at radius 2 is 1.67 bits per heavy atom. The van der Waals surface area contributed by atoms with Crippen LogP contribution in [0.2, 0.25) is 0 Å². The smallest absolute Gasteiger partial charge is 0.0276 e. The molecule has 0 N–H and O–H groups in total. The summed E-state index contributed by atoms with van der Waals surface area (Å²) in [7, 11) is 0. The highest BCUT2D eigenvalue weighted by molar-refractivity contribution is 5.14. The van der Waals surface area contributed by atoms with Gasteiger partial charge in [-0.25, -0.2) is 0 Å². The molecule has 0 saturated carbocycles. The molecular weight excluding hydrogens is 180 g/mol. The van der Waals surface area contributed by atoms with Crippen molar-refractivity contribution in [3.05, 3.63) is 35.9 Å². The highest BCUT2D eigenvalue weighted by Crippen LogP contribution is 2.23. The van der Waals surface area contributed by atoms with Crippen LogP contribution in [0.1, 0.15) is 45.6 Å². The van der Waals surface area contributed by atoms with Crippen molar-refractivity contribution in [2.75, 3.05) is 0 Å². The number of hydrogen-bond donors (Lipinski definition) is 0. The van der Waals surface area contributed by atoms with E-state index in [2.05, 4.69) is 51.1 Å². The van der Waals surface area contributed by atoms with Gasteiger partial charge in [0.2, 0.25) is 0 Å². The Kier molecular flexibility index (Phi) is 5.45. The van der Waals surface area contributed by atoms with E-state index >= 15 is 0 Å². The van der Waals surface area contributed by atoms with Crippen molar-refractivity contribution >= 4 is 0 Å². The van der Waals surface area contributed by atoms with Crippen LogP contribution in [0.5, 0.6) is 0 Å². The highest BCUT2D eigenvalue weighted by atomic mass is 14.2. The topological polar surface area (TPSA) is 0 Å². The van der Waals surface area contributed by atoms with Crippen molar-refractivity contribution in [1.82, 2.24) is 0 Å². The van der Waals surface area contributed by atoms with Gasteiger partial charge in [0.1, 0.15) is 0 Å². The van der Waals surface area contributed by atoms with E-state index in [1.165, 1.54) is 31.2 Å². The maximum atomic E-state index is 2.39. The number of benzene rings is 1. The molecule has 0 nitrogen and oxygen atoms in total. The van der Waals surface area contributed by atoms with E-state index in [0.717, 1.165) is 11.8 Å². The molecular formula is C15H24. The molecule has 0 aliphatic rings. The predicted octanol–water partition coefficient (Wildman–Crippen LogP) is 4.69. The lowest BCUT2D eigenvalue weighted by atomic mass is 9.85. The second kappa shape index (κ2) is 6.66. The lowest BCUT2D eigenvalue weighted by molar-refractivity contribution is 0.318. The van der Waals surface area contributed by atoms with Crippen molar-refractivity contribution in [2.45, 2.75) is 46.5 Å². The molecule has 0 aromatic heterocycles. The van der Waals surface area contributed by atoms with E-state index < -0.39 is 0 Å². The van der Waals surface area contributed by atoms with Gasteiger partial charge in [-0.1, -0.05) is 63.9 Å². The summed E-state index contributed by atoms with van der Waals surface area (Å²) in [5, 5.41) is 0. The molecule has 2 atom stereocenters. The van der Waals surface area contributed by atoms with E-state index in [-0.39, 0.29) is 0 Å². The van der Waals surface area contributed by atoms with E-state index in [1.807, 2.05) is 0 Å². The number of aryl methyl sites for hydroxylation is 1. The zero-order chi connectivity index (χ0) is 11.1. The third-order valence-corrected chi connectivity index (χ3v) is 3.62. The Labute approximate surface area is 94.7 Å². The van der Waals surface area contributed by atoms with Crippen LogP contribution >= 0.6 is 0 Å². The molecule has 0 aliphatic heterocycles. The minimum absolute atomic E-state index is 0.874. The fraction of sp³-hybridized carbons (Fsp3) is 0.600. The lowest BCUT2D eigenvalue weighted by Crippen LogP contribution is -2.11. The monoisotopic (exact) mass is 204 g/mol. The molecule has 1 aromatic carbocycles. The molecule has 1 rings (SSSR count). The Morgan fingerprint density at radius 1 is 1.00 bits per heavy atom. The van der Waals surface area contributed by atoms with E-state index in [9.17, 15) is 0 Å². The van der Waals surface area contributed by atoms with Crippen LogP contribution in [0.25, 0.3) is 0 Å². The third-order valence-electron chi connectivity index (χ3n) is 3.62. The van der Waals surface area contributed by atoms with Gasteiger partial charge in [-0.2, -0.15) is 0 Å². The van der Waals surface area contributed by atoms with Gasteiger partial charge < -0.3 is 0 Å². The van der Waals surface area contributed by atoms with Crippen LogP contribution in [0.3, 0.4) is 0 Å². The molecule has 0 fully saturated rings. The summed E-state index contributed by atoms with van der Waals surface area (Å²) < 4.78 is 0. The minimum atomic E-state index is 0.874. The van der Waals surface area contributed by atoms with Crippen LogP contribution in [-0.2, 0) is 6.42 Å². The fourth-order valence-corrected chi connectivity index (χ4v) is 2.22. The average Bonchev–Trinajstić information content (AvgIpc) is 2.31. The summed E-state index contributed by atoms with van der Waals surface area (Å²) >= 11 is 0. The van der Waals surface area contributed by atoms with E-state index in [4.69, 9.17) is 0 Å². The van der Waals surface area contributed by atoms with Crippen molar-refractivity contribution in [2.24, 2.45) is 11.8 Å². The van der Waals surface area contributed by atoms with Gasteiger partial charge in [0.25, 0.3) is 0 Å². The predicted molar refractivity (Wildman–Crippen MR) is 68.0 cm³/mol. The van der Waals surface area contributed by atoms with Crippen LogP contribution in [0.4, 0.5) is 0 Å². The van der Waals surface area contributed by atoms with Crippen LogP contribution in [0, 0.1) is 11.8 Å². The van der Waals surface area contributed by atoms with Crippen molar-refractivity contribution in [3.8, 4) is 0 Å². The second-order valence-electron chi connectivity index (χ2n) is 4.58. The quantitative estimate of drug-likeness (QED) is 0.630. The number of rotatable bonds is 6. The summed E-state index contributed by atoms with van der Waals surface area (Å²) in [4.78, 5) is 0. The average molecular weight is 204 g/mol. The first kappa shape index (κ1) is 12.3. The Balaban J connectivity index is 2.41. The molecule has 1 aromatic rings. The van der Waals surface area contributed by atoms with Crippen LogP contribution < -0.4 is 0 Å². The Hall–Kier alpha value is -0.780. The summed E-state index contributed by atoms with van der Waals surface area (Å²) in [5.41, 5.74) is 1.49. The SMILES string of the molecule is CCC(C)C(CC)CCc1ccccc1. The molecule has 0 amide bonds. The van der Waals surface area contributed by atoms with E-state index in [0.29, 0.717) is 0 Å². The summed E-state index contributed by atoms with van der Waals surface area (Å²) in [6, 6.07) is 10.8. The summed E-state index contributed by atoms with van der Waals surface area (Å²) in [5.74, 6) is 1.77. The molecule has 0 saturated heterocycles. The molecule has 0 bridgehead atoms. The van der Waals surface area contributed by atoms with E-state index in [1.54, 1.807) is 0 Å². The largest absolute Gasteiger partial charge is 0.0651 e. The normalized spacial score (nSPS) is 14.9. The fourth-order valence-electron chi connectivity index (χ4n) is 2.22. The first-order chi connectivity index (χ1) is 7.27. The van der Waals surface area contributed by atoms with Gasteiger partial charge in [-0.3, -0.25) is 0 Å².